The number of nitrogens with zero attached hydrogens (tertiary/aromatic N) is 1. The molecule has 1 saturated heterocycles. The molecular weight excluding hydrogens is 451 g/mol. The predicted octanol–water partition coefficient (Wildman–Crippen LogP) is 7.71. The van der Waals surface area contributed by atoms with Crippen LogP contribution in [0.2, 0.25) is 0 Å². The minimum atomic E-state index is -0.329. The van der Waals surface area contributed by atoms with Gasteiger partial charge in [0.25, 0.3) is 5.91 Å². The van der Waals surface area contributed by atoms with E-state index in [2.05, 4.69) is 25.7 Å². The standard InChI is InChI=1S/C31H41FN2O2/c1-6-8-21(2)10-11-22(3)27-15-13-26(33-5)20-29(27)31(36)34-17-7-9-24(16-18-34)28-14-12-25(23(4)35)19-30(28)32/h12-15,19-21,24,33H,3,6-11,16-18H2,1-2,4-5H3. The molecule has 3 rings (SSSR count). The zero-order valence-electron chi connectivity index (χ0n) is 22.3. The number of ketones is 1. The normalized spacial score (nSPS) is 16.8. The number of likely N-dealkylation sites (tertiary alicyclic amines) is 1. The summed E-state index contributed by atoms with van der Waals surface area (Å²) in [7, 11) is 1.85. The number of benzene rings is 2. The maximum absolute atomic E-state index is 14.8. The molecule has 2 aromatic carbocycles. The van der Waals surface area contributed by atoms with Crippen molar-refractivity contribution in [3.63, 3.8) is 0 Å². The van der Waals surface area contributed by atoms with Gasteiger partial charge in [0.2, 0.25) is 0 Å². The Morgan fingerprint density at radius 2 is 1.89 bits per heavy atom. The SMILES string of the molecule is C=C(CCC(C)CCC)c1ccc(NC)cc1C(=O)N1CCCC(c2ccc(C(C)=O)cc2F)CC1. The molecule has 0 saturated carbocycles. The summed E-state index contributed by atoms with van der Waals surface area (Å²) in [5.74, 6) is 0.207. The Balaban J connectivity index is 1.76. The lowest BCUT2D eigenvalue weighted by atomic mass is 9.90. The van der Waals surface area contributed by atoms with Gasteiger partial charge in [-0.15, -0.1) is 0 Å². The van der Waals surface area contributed by atoms with Gasteiger partial charge in [-0.2, -0.15) is 0 Å². The summed E-state index contributed by atoms with van der Waals surface area (Å²) >= 11 is 0. The number of nitrogens with one attached hydrogen (secondary N) is 1. The minimum absolute atomic E-state index is 0.0120. The molecule has 1 aliphatic heterocycles. The molecule has 0 bridgehead atoms. The number of carbonyl (C=O) groups is 2. The maximum atomic E-state index is 14.8. The highest BCUT2D eigenvalue weighted by Gasteiger charge is 2.26. The van der Waals surface area contributed by atoms with Crippen molar-refractivity contribution in [2.45, 2.75) is 71.6 Å². The Labute approximate surface area is 216 Å². The first-order chi connectivity index (χ1) is 17.2. The first kappa shape index (κ1) is 27.6. The van der Waals surface area contributed by atoms with E-state index in [0.717, 1.165) is 42.5 Å². The number of hydrogen-bond acceptors (Lipinski definition) is 3. The molecule has 0 aromatic heterocycles. The van der Waals surface area contributed by atoms with Crippen molar-refractivity contribution in [3.8, 4) is 0 Å². The van der Waals surface area contributed by atoms with Gasteiger partial charge >= 0.3 is 0 Å². The number of rotatable bonds is 10. The van der Waals surface area contributed by atoms with Gasteiger partial charge in [-0.3, -0.25) is 9.59 Å². The van der Waals surface area contributed by atoms with Crippen LogP contribution in [0, 0.1) is 11.7 Å². The van der Waals surface area contributed by atoms with E-state index < -0.39 is 0 Å². The third-order valence-electron chi connectivity index (χ3n) is 7.50. The summed E-state index contributed by atoms with van der Waals surface area (Å²) in [6.45, 7) is 11.5. The third kappa shape index (κ3) is 6.83. The number of carbonyl (C=O) groups excluding carboxylic acids is 2. The van der Waals surface area contributed by atoms with Crippen LogP contribution in [-0.2, 0) is 0 Å². The Bertz CT molecular complexity index is 1090. The van der Waals surface area contributed by atoms with Crippen molar-refractivity contribution >= 4 is 23.0 Å². The first-order valence-electron chi connectivity index (χ1n) is 13.3. The van der Waals surface area contributed by atoms with Gasteiger partial charge in [0.15, 0.2) is 5.78 Å². The van der Waals surface area contributed by atoms with Crippen molar-refractivity contribution in [3.05, 3.63) is 71.0 Å². The molecule has 1 heterocycles. The lowest BCUT2D eigenvalue weighted by Crippen LogP contribution is -2.32. The fraction of sp³-hybridized carbons (Fsp3) is 0.484. The van der Waals surface area contributed by atoms with Crippen molar-refractivity contribution in [1.82, 2.24) is 4.90 Å². The van der Waals surface area contributed by atoms with Gasteiger partial charge in [-0.1, -0.05) is 51.5 Å². The molecule has 0 spiro atoms. The molecule has 2 unspecified atom stereocenters. The summed E-state index contributed by atoms with van der Waals surface area (Å²) in [5.41, 5.74) is 4.54. The fourth-order valence-corrected chi connectivity index (χ4v) is 5.24. The Hall–Kier alpha value is -2.95. The second-order valence-corrected chi connectivity index (χ2v) is 10.3. The second-order valence-electron chi connectivity index (χ2n) is 10.3. The summed E-state index contributed by atoms with van der Waals surface area (Å²) in [6.07, 6.45) is 6.62. The van der Waals surface area contributed by atoms with Crippen LogP contribution in [-0.4, -0.2) is 36.7 Å². The van der Waals surface area contributed by atoms with Crippen LogP contribution in [0.5, 0.6) is 0 Å². The van der Waals surface area contributed by atoms with Gasteiger partial charge in [-0.05, 0) is 85.8 Å². The zero-order chi connectivity index (χ0) is 26.2. The molecular formula is C31H41FN2O2. The summed E-state index contributed by atoms with van der Waals surface area (Å²) < 4.78 is 14.8. The van der Waals surface area contributed by atoms with Gasteiger partial charge in [0.05, 0.1) is 0 Å². The van der Waals surface area contributed by atoms with Gasteiger partial charge < -0.3 is 10.2 Å². The van der Waals surface area contributed by atoms with E-state index in [1.165, 1.54) is 25.8 Å². The van der Waals surface area contributed by atoms with Crippen LogP contribution in [0.3, 0.4) is 0 Å². The molecule has 4 nitrogen and oxygen atoms in total. The van der Waals surface area contributed by atoms with Crippen LogP contribution >= 0.6 is 0 Å². The lowest BCUT2D eigenvalue weighted by Gasteiger charge is -2.23. The summed E-state index contributed by atoms with van der Waals surface area (Å²) in [5, 5.41) is 3.15. The third-order valence-corrected chi connectivity index (χ3v) is 7.50. The van der Waals surface area contributed by atoms with E-state index in [0.29, 0.717) is 42.1 Å². The van der Waals surface area contributed by atoms with E-state index in [9.17, 15) is 14.0 Å². The predicted molar refractivity (Wildman–Crippen MR) is 147 cm³/mol. The molecule has 2 atom stereocenters. The molecule has 1 N–H and O–H groups in total. The second kappa shape index (κ2) is 12.8. The fourth-order valence-electron chi connectivity index (χ4n) is 5.24. The summed E-state index contributed by atoms with van der Waals surface area (Å²) in [4.78, 5) is 27.3. The van der Waals surface area contributed by atoms with Gasteiger partial charge in [0, 0.05) is 37.0 Å². The summed E-state index contributed by atoms with van der Waals surface area (Å²) in [6, 6.07) is 10.7. The number of anilines is 1. The molecule has 0 aliphatic carbocycles. The zero-order valence-corrected chi connectivity index (χ0v) is 22.3. The molecule has 1 amide bonds. The highest BCUT2D eigenvalue weighted by molar-refractivity contribution is 6.00. The quantitative estimate of drug-likeness (QED) is 0.346. The van der Waals surface area contributed by atoms with Gasteiger partial charge in [0.1, 0.15) is 5.82 Å². The lowest BCUT2D eigenvalue weighted by molar-refractivity contribution is 0.0760. The van der Waals surface area contributed by atoms with Crippen LogP contribution < -0.4 is 5.32 Å². The molecule has 1 fully saturated rings. The first-order valence-corrected chi connectivity index (χ1v) is 13.3. The van der Waals surface area contributed by atoms with Crippen LogP contribution in [0.4, 0.5) is 10.1 Å². The van der Waals surface area contributed by atoms with Gasteiger partial charge in [-0.25, -0.2) is 4.39 Å². The van der Waals surface area contributed by atoms with E-state index in [1.54, 1.807) is 12.1 Å². The van der Waals surface area contributed by atoms with E-state index >= 15 is 0 Å². The molecule has 2 aromatic rings. The van der Waals surface area contributed by atoms with Crippen molar-refractivity contribution in [2.75, 3.05) is 25.5 Å². The van der Waals surface area contributed by atoms with Crippen molar-refractivity contribution in [1.29, 1.82) is 0 Å². The van der Waals surface area contributed by atoms with E-state index in [4.69, 9.17) is 0 Å². The molecule has 5 heteroatoms. The molecule has 1 aliphatic rings. The monoisotopic (exact) mass is 492 g/mol. The number of hydrogen-bond donors (Lipinski definition) is 1. The van der Waals surface area contributed by atoms with Crippen molar-refractivity contribution in [2.24, 2.45) is 5.92 Å². The number of Topliss-reactive ketones (excluding diaryl/α,β-unsaturated/α-hetero) is 1. The largest absolute Gasteiger partial charge is 0.388 e. The number of amides is 1. The number of halogens is 1. The van der Waals surface area contributed by atoms with E-state index in [-0.39, 0.29) is 23.4 Å². The molecule has 36 heavy (non-hydrogen) atoms. The van der Waals surface area contributed by atoms with Crippen LogP contribution in [0.15, 0.2) is 43.0 Å². The minimum Gasteiger partial charge on any atom is -0.388 e. The Kier molecular flexibility index (Phi) is 9.86. The Morgan fingerprint density at radius 3 is 2.56 bits per heavy atom. The Morgan fingerprint density at radius 1 is 1.11 bits per heavy atom. The molecule has 194 valence electrons. The highest BCUT2D eigenvalue weighted by atomic mass is 19.1. The number of allylic oxidation sites excluding steroid dienone is 1. The maximum Gasteiger partial charge on any atom is 0.254 e. The van der Waals surface area contributed by atoms with Crippen LogP contribution in [0.25, 0.3) is 5.57 Å². The average molecular weight is 493 g/mol. The van der Waals surface area contributed by atoms with Crippen LogP contribution in [0.1, 0.15) is 103 Å². The average Bonchev–Trinajstić information content (AvgIpc) is 3.12. The molecule has 0 radical (unpaired) electrons. The highest BCUT2D eigenvalue weighted by Crippen LogP contribution is 2.33. The van der Waals surface area contributed by atoms with E-state index in [1.807, 2.05) is 30.1 Å². The topological polar surface area (TPSA) is 49.4 Å². The smallest absolute Gasteiger partial charge is 0.254 e. The van der Waals surface area contributed by atoms with Crippen molar-refractivity contribution < 1.29 is 14.0 Å².